The van der Waals surface area contributed by atoms with Crippen molar-refractivity contribution < 1.29 is 9.32 Å². The molecular formula is C7H7N3O2. The summed E-state index contributed by atoms with van der Waals surface area (Å²) in [5.74, 6) is 0.338. The Hall–Kier alpha value is -1.65. The van der Waals surface area contributed by atoms with E-state index in [-0.39, 0.29) is 12.5 Å². The van der Waals surface area contributed by atoms with Crippen molar-refractivity contribution in [2.24, 2.45) is 4.99 Å². The van der Waals surface area contributed by atoms with Gasteiger partial charge in [0.25, 0.3) is 5.91 Å². The summed E-state index contributed by atoms with van der Waals surface area (Å²) in [4.78, 5) is 16.2. The van der Waals surface area contributed by atoms with Crippen molar-refractivity contribution in [3.8, 4) is 0 Å². The summed E-state index contributed by atoms with van der Waals surface area (Å²) >= 11 is 0. The second kappa shape index (κ2) is 2.44. The highest BCUT2D eigenvalue weighted by Gasteiger charge is 2.21. The molecule has 0 unspecified atom stereocenters. The number of aryl methyl sites for hydroxylation is 1. The Kier molecular flexibility index (Phi) is 1.43. The largest absolute Gasteiger partial charge is 0.338 e. The number of nitrogens with zero attached hydrogens (tertiary/aromatic N) is 3. The lowest BCUT2D eigenvalue weighted by Crippen LogP contribution is -2.24. The third kappa shape index (κ3) is 0.990. The molecule has 12 heavy (non-hydrogen) atoms. The van der Waals surface area contributed by atoms with Gasteiger partial charge in [0.1, 0.15) is 12.9 Å². The van der Waals surface area contributed by atoms with E-state index in [2.05, 4.69) is 10.1 Å². The first kappa shape index (κ1) is 7.02. The van der Waals surface area contributed by atoms with E-state index in [9.17, 15) is 4.79 Å². The van der Waals surface area contributed by atoms with Gasteiger partial charge >= 0.3 is 0 Å². The highest BCUT2D eigenvalue weighted by atomic mass is 16.5. The number of hydrogen-bond acceptors (Lipinski definition) is 4. The molecule has 2 heterocycles. The summed E-state index contributed by atoms with van der Waals surface area (Å²) in [6.07, 6.45) is 1.45. The standard InChI is InChI=1S/C7H7N3O2/c1-5-2-7(12-9-5)10-4-8-3-6(10)11/h2,4H,3H2,1H3. The number of hydrogen-bond donors (Lipinski definition) is 0. The van der Waals surface area contributed by atoms with Crippen LogP contribution in [-0.2, 0) is 4.79 Å². The Balaban J connectivity index is 2.30. The van der Waals surface area contributed by atoms with Crippen molar-refractivity contribution >= 4 is 18.1 Å². The molecule has 1 aromatic heterocycles. The van der Waals surface area contributed by atoms with Crippen LogP contribution in [0.1, 0.15) is 5.69 Å². The monoisotopic (exact) mass is 165 g/mol. The topological polar surface area (TPSA) is 58.7 Å². The number of anilines is 1. The van der Waals surface area contributed by atoms with Crippen LogP contribution in [0.25, 0.3) is 0 Å². The smallest absolute Gasteiger partial charge is 0.256 e. The van der Waals surface area contributed by atoms with Gasteiger partial charge in [0.15, 0.2) is 0 Å². The maximum Gasteiger partial charge on any atom is 0.256 e. The summed E-state index contributed by atoms with van der Waals surface area (Å²) in [7, 11) is 0. The van der Waals surface area contributed by atoms with Gasteiger partial charge in [-0.15, -0.1) is 0 Å². The molecule has 1 aliphatic heterocycles. The average Bonchev–Trinajstić information content (AvgIpc) is 2.58. The first-order valence-corrected chi connectivity index (χ1v) is 3.53. The fourth-order valence-corrected chi connectivity index (χ4v) is 0.985. The lowest BCUT2D eigenvalue weighted by molar-refractivity contribution is -0.115. The number of amides is 1. The first-order chi connectivity index (χ1) is 5.77. The molecule has 0 N–H and O–H groups in total. The molecular weight excluding hydrogens is 158 g/mol. The molecule has 0 bridgehead atoms. The molecule has 0 spiro atoms. The predicted octanol–water partition coefficient (Wildman–Crippen LogP) is 0.358. The van der Waals surface area contributed by atoms with Crippen LogP contribution >= 0.6 is 0 Å². The van der Waals surface area contributed by atoms with Gasteiger partial charge in [0.2, 0.25) is 5.88 Å². The van der Waals surface area contributed by atoms with Gasteiger partial charge in [-0.05, 0) is 6.92 Å². The van der Waals surface area contributed by atoms with Crippen molar-refractivity contribution in [1.82, 2.24) is 5.16 Å². The van der Waals surface area contributed by atoms with E-state index in [4.69, 9.17) is 4.52 Å². The molecule has 0 fully saturated rings. The van der Waals surface area contributed by atoms with E-state index < -0.39 is 0 Å². The lowest BCUT2D eigenvalue weighted by atomic mass is 10.4. The maximum absolute atomic E-state index is 11.1. The summed E-state index contributed by atoms with van der Waals surface area (Å²) in [6, 6.07) is 1.69. The molecule has 2 rings (SSSR count). The zero-order valence-electron chi connectivity index (χ0n) is 6.52. The molecule has 0 saturated heterocycles. The molecule has 62 valence electrons. The molecule has 1 amide bonds. The van der Waals surface area contributed by atoms with Gasteiger partial charge in [0, 0.05) is 6.07 Å². The van der Waals surface area contributed by atoms with E-state index >= 15 is 0 Å². The minimum Gasteiger partial charge on any atom is -0.338 e. The molecule has 5 nitrogen and oxygen atoms in total. The second-order valence-electron chi connectivity index (χ2n) is 2.53. The zero-order chi connectivity index (χ0) is 8.55. The minimum atomic E-state index is -0.0915. The van der Waals surface area contributed by atoms with E-state index in [1.807, 2.05) is 0 Å². The highest BCUT2D eigenvalue weighted by Crippen LogP contribution is 2.15. The third-order valence-electron chi connectivity index (χ3n) is 1.55. The normalized spacial score (nSPS) is 16.1. The fraction of sp³-hybridized carbons (Fsp3) is 0.286. The van der Waals surface area contributed by atoms with Crippen molar-refractivity contribution in [2.75, 3.05) is 11.4 Å². The molecule has 0 aromatic carbocycles. The second-order valence-corrected chi connectivity index (χ2v) is 2.53. The molecule has 0 aliphatic carbocycles. The summed E-state index contributed by atoms with van der Waals surface area (Å²) in [6.45, 7) is 1.99. The van der Waals surface area contributed by atoms with E-state index in [1.54, 1.807) is 13.0 Å². The molecule has 1 aromatic rings. The van der Waals surface area contributed by atoms with Crippen LogP contribution in [0.3, 0.4) is 0 Å². The third-order valence-corrected chi connectivity index (χ3v) is 1.55. The van der Waals surface area contributed by atoms with Crippen molar-refractivity contribution in [3.05, 3.63) is 11.8 Å². The van der Waals surface area contributed by atoms with Gasteiger partial charge in [-0.3, -0.25) is 9.79 Å². The van der Waals surface area contributed by atoms with Crippen LogP contribution in [-0.4, -0.2) is 23.9 Å². The van der Waals surface area contributed by atoms with Crippen molar-refractivity contribution in [2.45, 2.75) is 6.92 Å². The summed E-state index contributed by atoms with van der Waals surface area (Å²) in [5.41, 5.74) is 0.748. The van der Waals surface area contributed by atoms with Gasteiger partial charge < -0.3 is 4.52 Å². The van der Waals surface area contributed by atoms with Crippen LogP contribution in [0.2, 0.25) is 0 Å². The van der Waals surface area contributed by atoms with Crippen LogP contribution in [0, 0.1) is 6.92 Å². The summed E-state index contributed by atoms with van der Waals surface area (Å²) in [5, 5.41) is 3.67. The fourth-order valence-electron chi connectivity index (χ4n) is 0.985. The van der Waals surface area contributed by atoms with E-state index in [1.165, 1.54) is 11.2 Å². The molecule has 0 radical (unpaired) electrons. The number of rotatable bonds is 1. The van der Waals surface area contributed by atoms with Crippen LogP contribution in [0.4, 0.5) is 5.88 Å². The zero-order valence-corrected chi connectivity index (χ0v) is 6.52. The molecule has 5 heteroatoms. The number of aromatic nitrogens is 1. The molecule has 0 saturated carbocycles. The number of carbonyl (C=O) groups excluding carboxylic acids is 1. The Labute approximate surface area is 68.7 Å². The van der Waals surface area contributed by atoms with Crippen molar-refractivity contribution in [3.63, 3.8) is 0 Å². The molecule has 0 atom stereocenters. The van der Waals surface area contributed by atoms with Crippen LogP contribution in [0.15, 0.2) is 15.6 Å². The average molecular weight is 165 g/mol. The number of aliphatic imine (C=N–C) groups is 1. The minimum absolute atomic E-state index is 0.0915. The lowest BCUT2D eigenvalue weighted by Gasteiger charge is -2.04. The Morgan fingerprint density at radius 1 is 1.67 bits per heavy atom. The molecule has 1 aliphatic rings. The SMILES string of the molecule is Cc1cc(N2C=NCC2=O)on1. The highest BCUT2D eigenvalue weighted by molar-refractivity contribution is 6.11. The number of carbonyl (C=O) groups is 1. The Morgan fingerprint density at radius 2 is 2.50 bits per heavy atom. The van der Waals surface area contributed by atoms with Crippen molar-refractivity contribution in [1.29, 1.82) is 0 Å². The van der Waals surface area contributed by atoms with Gasteiger partial charge in [-0.25, -0.2) is 4.90 Å². The quantitative estimate of drug-likeness (QED) is 0.603. The van der Waals surface area contributed by atoms with Gasteiger partial charge in [-0.1, -0.05) is 5.16 Å². The van der Waals surface area contributed by atoms with Crippen LogP contribution in [0.5, 0.6) is 0 Å². The van der Waals surface area contributed by atoms with E-state index in [0.29, 0.717) is 5.88 Å². The van der Waals surface area contributed by atoms with Crippen LogP contribution < -0.4 is 4.90 Å². The van der Waals surface area contributed by atoms with Gasteiger partial charge in [0.05, 0.1) is 5.69 Å². The summed E-state index contributed by atoms with van der Waals surface area (Å²) < 4.78 is 4.88. The Morgan fingerprint density at radius 3 is 3.00 bits per heavy atom. The first-order valence-electron chi connectivity index (χ1n) is 3.53. The van der Waals surface area contributed by atoms with Gasteiger partial charge in [-0.2, -0.15) is 0 Å². The maximum atomic E-state index is 11.1. The predicted molar refractivity (Wildman–Crippen MR) is 42.1 cm³/mol. The van der Waals surface area contributed by atoms with E-state index in [0.717, 1.165) is 5.69 Å². The Bertz CT molecular complexity index is 342.